The van der Waals surface area contributed by atoms with Crippen LogP contribution in [0.2, 0.25) is 0 Å². The molecule has 0 radical (unpaired) electrons. The summed E-state index contributed by atoms with van der Waals surface area (Å²) in [7, 11) is 3.16. The van der Waals surface area contributed by atoms with Crippen LogP contribution in [0.25, 0.3) is 0 Å². The molecule has 2 N–H and O–H groups in total. The van der Waals surface area contributed by atoms with E-state index in [4.69, 9.17) is 9.47 Å². The van der Waals surface area contributed by atoms with E-state index in [2.05, 4.69) is 15.6 Å². The molecule has 29 heavy (non-hydrogen) atoms. The predicted octanol–water partition coefficient (Wildman–Crippen LogP) is 4.55. The molecule has 6 nitrogen and oxygen atoms in total. The van der Waals surface area contributed by atoms with E-state index < -0.39 is 0 Å². The van der Waals surface area contributed by atoms with Crippen LogP contribution in [-0.2, 0) is 11.2 Å². The number of aromatic nitrogens is 1. The number of ether oxygens (including phenoxy) is 2. The number of amides is 1. The van der Waals surface area contributed by atoms with E-state index in [9.17, 15) is 9.18 Å². The Morgan fingerprint density at radius 2 is 1.83 bits per heavy atom. The van der Waals surface area contributed by atoms with Crippen LogP contribution >= 0.6 is 0 Å². The molecular weight excluding hydrogens is 373 g/mol. The lowest BCUT2D eigenvalue weighted by Crippen LogP contribution is -2.12. The molecule has 0 unspecified atom stereocenters. The average molecular weight is 395 g/mol. The number of pyridine rings is 1. The first-order chi connectivity index (χ1) is 14.1. The Kier molecular flexibility index (Phi) is 6.63. The first-order valence-electron chi connectivity index (χ1n) is 9.07. The van der Waals surface area contributed by atoms with Crippen LogP contribution in [0.1, 0.15) is 12.0 Å². The number of benzene rings is 2. The molecule has 0 aliphatic heterocycles. The van der Waals surface area contributed by atoms with E-state index >= 15 is 0 Å². The number of aryl methyl sites for hydroxylation is 1. The lowest BCUT2D eigenvalue weighted by atomic mass is 10.1. The van der Waals surface area contributed by atoms with Crippen molar-refractivity contribution < 1.29 is 18.7 Å². The third-order valence-electron chi connectivity index (χ3n) is 4.23. The summed E-state index contributed by atoms with van der Waals surface area (Å²) in [6.45, 7) is 0. The normalized spacial score (nSPS) is 10.3. The van der Waals surface area contributed by atoms with Gasteiger partial charge in [0.05, 0.1) is 26.1 Å². The maximum absolute atomic E-state index is 13.2. The molecule has 0 aliphatic carbocycles. The maximum atomic E-state index is 13.2. The zero-order valence-corrected chi connectivity index (χ0v) is 16.2. The van der Waals surface area contributed by atoms with Crippen LogP contribution in [0, 0.1) is 5.82 Å². The lowest BCUT2D eigenvalue weighted by Gasteiger charge is -2.10. The molecule has 0 spiro atoms. The molecule has 1 aromatic heterocycles. The van der Waals surface area contributed by atoms with Gasteiger partial charge in [-0.15, -0.1) is 0 Å². The van der Waals surface area contributed by atoms with Crippen LogP contribution < -0.4 is 20.1 Å². The van der Waals surface area contributed by atoms with Gasteiger partial charge in [-0.2, -0.15) is 0 Å². The standard InChI is InChI=1S/C22H22FN3O3/c1-28-19-9-6-15(12-20(19)29-2)7-11-22(27)26-18-8-10-21(24-14-18)25-17-5-3-4-16(23)13-17/h3-6,8-10,12-14H,7,11H2,1-2H3,(H,24,25)(H,26,27). The van der Waals surface area contributed by atoms with Gasteiger partial charge in [-0.3, -0.25) is 4.79 Å². The molecule has 1 heterocycles. The number of halogens is 1. The second-order valence-corrected chi connectivity index (χ2v) is 6.30. The SMILES string of the molecule is COc1ccc(CCC(=O)Nc2ccc(Nc3cccc(F)c3)nc2)cc1OC. The summed E-state index contributed by atoms with van der Waals surface area (Å²) in [5.74, 6) is 1.40. The number of rotatable bonds is 8. The largest absolute Gasteiger partial charge is 0.493 e. The van der Waals surface area contributed by atoms with Crippen molar-refractivity contribution in [2.24, 2.45) is 0 Å². The van der Waals surface area contributed by atoms with Crippen molar-refractivity contribution >= 4 is 23.1 Å². The summed E-state index contributed by atoms with van der Waals surface area (Å²) in [5.41, 5.74) is 2.17. The highest BCUT2D eigenvalue weighted by Gasteiger charge is 2.08. The summed E-state index contributed by atoms with van der Waals surface area (Å²) >= 11 is 0. The van der Waals surface area contributed by atoms with E-state index in [1.54, 1.807) is 44.7 Å². The number of anilines is 3. The highest BCUT2D eigenvalue weighted by molar-refractivity contribution is 5.90. The van der Waals surface area contributed by atoms with E-state index in [1.165, 1.54) is 12.1 Å². The minimum Gasteiger partial charge on any atom is -0.493 e. The Morgan fingerprint density at radius 1 is 1.00 bits per heavy atom. The van der Waals surface area contributed by atoms with Gasteiger partial charge in [0.1, 0.15) is 11.6 Å². The van der Waals surface area contributed by atoms with Crippen molar-refractivity contribution in [2.45, 2.75) is 12.8 Å². The Labute approximate surface area is 168 Å². The number of nitrogens with one attached hydrogen (secondary N) is 2. The summed E-state index contributed by atoms with van der Waals surface area (Å²) in [4.78, 5) is 16.5. The van der Waals surface area contributed by atoms with Crippen LogP contribution in [0.4, 0.5) is 21.6 Å². The monoisotopic (exact) mass is 395 g/mol. The topological polar surface area (TPSA) is 72.5 Å². The molecule has 1 amide bonds. The van der Waals surface area contributed by atoms with Crippen LogP contribution in [0.15, 0.2) is 60.8 Å². The lowest BCUT2D eigenvalue weighted by molar-refractivity contribution is -0.116. The van der Waals surface area contributed by atoms with Crippen molar-refractivity contribution in [1.82, 2.24) is 4.98 Å². The van der Waals surface area contributed by atoms with E-state index in [0.29, 0.717) is 41.5 Å². The predicted molar refractivity (Wildman–Crippen MR) is 110 cm³/mol. The molecule has 0 aliphatic rings. The molecule has 3 aromatic rings. The third kappa shape index (κ3) is 5.68. The Balaban J connectivity index is 1.53. The smallest absolute Gasteiger partial charge is 0.224 e. The van der Waals surface area contributed by atoms with E-state index in [1.807, 2.05) is 18.2 Å². The summed E-state index contributed by atoms with van der Waals surface area (Å²) in [6.07, 6.45) is 2.44. The quantitative estimate of drug-likeness (QED) is 0.585. The van der Waals surface area contributed by atoms with Crippen molar-refractivity contribution in [3.8, 4) is 11.5 Å². The fourth-order valence-electron chi connectivity index (χ4n) is 2.77. The zero-order valence-electron chi connectivity index (χ0n) is 16.2. The van der Waals surface area contributed by atoms with Gasteiger partial charge in [0.2, 0.25) is 5.91 Å². The van der Waals surface area contributed by atoms with E-state index in [-0.39, 0.29) is 11.7 Å². The van der Waals surface area contributed by atoms with Gasteiger partial charge in [-0.1, -0.05) is 12.1 Å². The summed E-state index contributed by atoms with van der Waals surface area (Å²) in [6, 6.07) is 15.2. The number of hydrogen-bond acceptors (Lipinski definition) is 5. The Hall–Kier alpha value is -3.61. The highest BCUT2D eigenvalue weighted by atomic mass is 19.1. The van der Waals surface area contributed by atoms with Crippen LogP contribution in [0.5, 0.6) is 11.5 Å². The van der Waals surface area contributed by atoms with Gasteiger partial charge in [0, 0.05) is 12.1 Å². The average Bonchev–Trinajstić information content (AvgIpc) is 2.73. The minimum absolute atomic E-state index is 0.118. The van der Waals surface area contributed by atoms with Gasteiger partial charge in [-0.25, -0.2) is 9.37 Å². The Bertz CT molecular complexity index is 977. The molecule has 0 bridgehead atoms. The first-order valence-corrected chi connectivity index (χ1v) is 9.07. The van der Waals surface area contributed by atoms with Crippen molar-refractivity contribution in [2.75, 3.05) is 24.9 Å². The minimum atomic E-state index is -0.326. The number of hydrogen-bond donors (Lipinski definition) is 2. The van der Waals surface area contributed by atoms with Gasteiger partial charge in [0.25, 0.3) is 0 Å². The second-order valence-electron chi connectivity index (χ2n) is 6.30. The molecule has 3 rings (SSSR count). The number of methoxy groups -OCH3 is 2. The van der Waals surface area contributed by atoms with Gasteiger partial charge in [-0.05, 0) is 54.4 Å². The molecule has 0 saturated carbocycles. The maximum Gasteiger partial charge on any atom is 0.224 e. The molecule has 0 fully saturated rings. The number of carbonyl (C=O) groups is 1. The second kappa shape index (κ2) is 9.54. The van der Waals surface area contributed by atoms with E-state index in [0.717, 1.165) is 5.56 Å². The first kappa shape index (κ1) is 20.1. The summed E-state index contributed by atoms with van der Waals surface area (Å²) in [5, 5.41) is 5.82. The number of nitrogens with zero attached hydrogens (tertiary/aromatic N) is 1. The molecule has 150 valence electrons. The summed E-state index contributed by atoms with van der Waals surface area (Å²) < 4.78 is 23.7. The van der Waals surface area contributed by atoms with Crippen LogP contribution in [-0.4, -0.2) is 25.1 Å². The number of carbonyl (C=O) groups excluding carboxylic acids is 1. The highest BCUT2D eigenvalue weighted by Crippen LogP contribution is 2.28. The fraction of sp³-hybridized carbons (Fsp3) is 0.182. The fourth-order valence-corrected chi connectivity index (χ4v) is 2.77. The van der Waals surface area contributed by atoms with Gasteiger partial charge >= 0.3 is 0 Å². The third-order valence-corrected chi connectivity index (χ3v) is 4.23. The molecule has 7 heteroatoms. The van der Waals surface area contributed by atoms with Crippen LogP contribution in [0.3, 0.4) is 0 Å². The van der Waals surface area contributed by atoms with Crippen molar-refractivity contribution in [1.29, 1.82) is 0 Å². The van der Waals surface area contributed by atoms with Crippen molar-refractivity contribution in [3.05, 3.63) is 72.2 Å². The molecular formula is C22H22FN3O3. The van der Waals surface area contributed by atoms with Gasteiger partial charge < -0.3 is 20.1 Å². The van der Waals surface area contributed by atoms with Gasteiger partial charge in [0.15, 0.2) is 11.5 Å². The zero-order chi connectivity index (χ0) is 20.6. The van der Waals surface area contributed by atoms with Crippen molar-refractivity contribution in [3.63, 3.8) is 0 Å². The molecule has 0 saturated heterocycles. The Morgan fingerprint density at radius 3 is 2.52 bits per heavy atom. The molecule has 2 aromatic carbocycles. The molecule has 0 atom stereocenters.